The normalized spacial score (nSPS) is 29.9. The second-order valence-electron chi connectivity index (χ2n) is 6.23. The van der Waals surface area contributed by atoms with Crippen molar-refractivity contribution in [3.05, 3.63) is 41.8 Å². The third-order valence-electron chi connectivity index (χ3n) is 4.91. The zero-order valence-corrected chi connectivity index (χ0v) is 12.1. The van der Waals surface area contributed by atoms with Gasteiger partial charge in [0.1, 0.15) is 11.6 Å². The van der Waals surface area contributed by atoms with Crippen LogP contribution in [0.5, 0.6) is 5.75 Å². The molecule has 2 aliphatic carbocycles. The highest BCUT2D eigenvalue weighted by molar-refractivity contribution is 5.22. The Morgan fingerprint density at radius 2 is 2.18 bits per heavy atom. The van der Waals surface area contributed by atoms with E-state index < -0.39 is 0 Å². The number of hydrogen-bond donors (Lipinski definition) is 1. The summed E-state index contributed by atoms with van der Waals surface area (Å²) in [6.07, 6.45) is 3.58. The number of fused-ring (bicyclic) bond motifs is 2. The Morgan fingerprint density at radius 3 is 2.95 bits per heavy atom. The van der Waals surface area contributed by atoms with E-state index in [1.165, 1.54) is 31.4 Å². The van der Waals surface area contributed by atoms with Gasteiger partial charge in [-0.2, -0.15) is 4.98 Å². The molecule has 1 heterocycles. The third kappa shape index (κ3) is 2.37. The van der Waals surface area contributed by atoms with Gasteiger partial charge in [-0.05, 0) is 43.2 Å². The van der Waals surface area contributed by atoms with E-state index in [2.05, 4.69) is 10.1 Å². The molecule has 5 nitrogen and oxygen atoms in total. The second kappa shape index (κ2) is 5.35. The van der Waals surface area contributed by atoms with Crippen LogP contribution >= 0.6 is 0 Å². The van der Waals surface area contributed by atoms with Crippen molar-refractivity contribution >= 4 is 0 Å². The standard InChI is InChI=1S/C16H18FN3O2/c17-11-2-1-3-12(7-11)21-8-13-19-16(22-20-13)14-9-4-5-10(6-9)15(14)18/h1-3,7,9-10,14-15H,4-6,8,18H2. The number of rotatable bonds is 4. The lowest BCUT2D eigenvalue weighted by molar-refractivity contribution is 0.268. The summed E-state index contributed by atoms with van der Waals surface area (Å²) in [6.45, 7) is 0.156. The molecule has 4 atom stereocenters. The van der Waals surface area contributed by atoms with Gasteiger partial charge in [0.05, 0.1) is 5.92 Å². The molecule has 22 heavy (non-hydrogen) atoms. The summed E-state index contributed by atoms with van der Waals surface area (Å²) in [5.74, 6) is 2.54. The molecule has 4 rings (SSSR count). The van der Waals surface area contributed by atoms with Crippen LogP contribution in [0.15, 0.2) is 28.8 Å². The minimum atomic E-state index is -0.334. The maximum atomic E-state index is 13.1. The fourth-order valence-electron chi connectivity index (χ4n) is 3.87. The Labute approximate surface area is 127 Å². The van der Waals surface area contributed by atoms with Gasteiger partial charge in [0.25, 0.3) is 0 Å². The van der Waals surface area contributed by atoms with Crippen molar-refractivity contribution in [1.82, 2.24) is 10.1 Å². The molecule has 2 aliphatic rings. The zero-order chi connectivity index (χ0) is 15.1. The van der Waals surface area contributed by atoms with Gasteiger partial charge in [0.2, 0.25) is 11.7 Å². The van der Waals surface area contributed by atoms with E-state index in [-0.39, 0.29) is 24.4 Å². The van der Waals surface area contributed by atoms with Crippen molar-refractivity contribution in [3.63, 3.8) is 0 Å². The molecule has 2 saturated carbocycles. The number of ether oxygens (including phenoxy) is 1. The van der Waals surface area contributed by atoms with Crippen LogP contribution in [0.1, 0.15) is 36.9 Å². The Balaban J connectivity index is 1.44. The summed E-state index contributed by atoms with van der Waals surface area (Å²) < 4.78 is 24.0. The molecule has 0 radical (unpaired) electrons. The average Bonchev–Trinajstić information content (AvgIpc) is 3.20. The quantitative estimate of drug-likeness (QED) is 0.940. The number of aromatic nitrogens is 2. The number of nitrogens with zero attached hydrogens (tertiary/aromatic N) is 2. The molecule has 0 saturated heterocycles. The highest BCUT2D eigenvalue weighted by Gasteiger charge is 2.48. The molecule has 2 fully saturated rings. The Kier molecular flexibility index (Phi) is 3.33. The van der Waals surface area contributed by atoms with Crippen LogP contribution in [0.2, 0.25) is 0 Å². The van der Waals surface area contributed by atoms with E-state index in [1.54, 1.807) is 12.1 Å². The SMILES string of the molecule is NC1C2CCC(C2)C1c1nc(COc2cccc(F)c2)no1. The molecule has 2 aromatic rings. The summed E-state index contributed by atoms with van der Waals surface area (Å²) in [7, 11) is 0. The van der Waals surface area contributed by atoms with Gasteiger partial charge in [-0.3, -0.25) is 0 Å². The largest absolute Gasteiger partial charge is 0.485 e. The summed E-state index contributed by atoms with van der Waals surface area (Å²) >= 11 is 0. The Morgan fingerprint density at radius 1 is 1.32 bits per heavy atom. The number of benzene rings is 1. The van der Waals surface area contributed by atoms with E-state index >= 15 is 0 Å². The molecule has 1 aromatic heterocycles. The molecule has 2 N–H and O–H groups in total. The molecule has 4 unspecified atom stereocenters. The van der Waals surface area contributed by atoms with E-state index in [1.807, 2.05) is 0 Å². The molecular weight excluding hydrogens is 285 g/mol. The van der Waals surface area contributed by atoms with Gasteiger partial charge < -0.3 is 15.0 Å². The van der Waals surface area contributed by atoms with Crippen molar-refractivity contribution in [3.8, 4) is 5.75 Å². The van der Waals surface area contributed by atoms with Crippen LogP contribution in [0, 0.1) is 17.7 Å². The lowest BCUT2D eigenvalue weighted by Gasteiger charge is -2.24. The van der Waals surface area contributed by atoms with Crippen LogP contribution in [0.3, 0.4) is 0 Å². The average molecular weight is 303 g/mol. The van der Waals surface area contributed by atoms with Crippen LogP contribution in [0.4, 0.5) is 4.39 Å². The number of nitrogens with two attached hydrogens (primary N) is 1. The lowest BCUT2D eigenvalue weighted by Crippen LogP contribution is -2.34. The zero-order valence-electron chi connectivity index (χ0n) is 12.1. The van der Waals surface area contributed by atoms with Crippen molar-refractivity contribution in [2.75, 3.05) is 0 Å². The van der Waals surface area contributed by atoms with E-state index in [9.17, 15) is 4.39 Å². The monoisotopic (exact) mass is 303 g/mol. The first-order valence-electron chi connectivity index (χ1n) is 7.67. The Hall–Kier alpha value is -1.95. The fourth-order valence-corrected chi connectivity index (χ4v) is 3.87. The summed E-state index contributed by atoms with van der Waals surface area (Å²) in [5.41, 5.74) is 6.29. The van der Waals surface area contributed by atoms with E-state index in [4.69, 9.17) is 15.0 Å². The van der Waals surface area contributed by atoms with Crippen LogP contribution in [-0.4, -0.2) is 16.2 Å². The second-order valence-corrected chi connectivity index (χ2v) is 6.23. The maximum absolute atomic E-state index is 13.1. The van der Waals surface area contributed by atoms with Crippen molar-refractivity contribution in [2.45, 2.75) is 37.8 Å². The predicted octanol–water partition coefficient (Wildman–Crippen LogP) is 2.63. The summed E-state index contributed by atoms with van der Waals surface area (Å²) in [5, 5.41) is 3.96. The number of hydrogen-bond acceptors (Lipinski definition) is 5. The minimum absolute atomic E-state index is 0.121. The van der Waals surface area contributed by atoms with Crippen LogP contribution < -0.4 is 10.5 Å². The molecule has 0 aliphatic heterocycles. The third-order valence-corrected chi connectivity index (χ3v) is 4.91. The van der Waals surface area contributed by atoms with E-state index in [0.29, 0.717) is 29.3 Å². The van der Waals surface area contributed by atoms with Gasteiger partial charge in [-0.25, -0.2) is 4.39 Å². The lowest BCUT2D eigenvalue weighted by atomic mass is 9.85. The Bertz CT molecular complexity index is 673. The summed E-state index contributed by atoms with van der Waals surface area (Å²) in [6, 6.07) is 6.11. The van der Waals surface area contributed by atoms with Crippen LogP contribution in [-0.2, 0) is 6.61 Å². The summed E-state index contributed by atoms with van der Waals surface area (Å²) in [4.78, 5) is 4.42. The van der Waals surface area contributed by atoms with Gasteiger partial charge in [0, 0.05) is 12.1 Å². The minimum Gasteiger partial charge on any atom is -0.485 e. The highest BCUT2D eigenvalue weighted by Crippen LogP contribution is 2.51. The molecule has 6 heteroatoms. The molecular formula is C16H18FN3O2. The topological polar surface area (TPSA) is 74.2 Å². The highest BCUT2D eigenvalue weighted by atomic mass is 19.1. The first-order valence-corrected chi connectivity index (χ1v) is 7.67. The molecule has 2 bridgehead atoms. The molecule has 0 spiro atoms. The van der Waals surface area contributed by atoms with Crippen molar-refractivity contribution in [1.29, 1.82) is 0 Å². The van der Waals surface area contributed by atoms with Gasteiger partial charge >= 0.3 is 0 Å². The number of halogens is 1. The van der Waals surface area contributed by atoms with E-state index in [0.717, 1.165) is 0 Å². The van der Waals surface area contributed by atoms with Crippen molar-refractivity contribution in [2.24, 2.45) is 17.6 Å². The first-order chi connectivity index (χ1) is 10.7. The molecule has 116 valence electrons. The van der Waals surface area contributed by atoms with Gasteiger partial charge in [0.15, 0.2) is 6.61 Å². The first kappa shape index (κ1) is 13.7. The van der Waals surface area contributed by atoms with Gasteiger partial charge in [-0.15, -0.1) is 0 Å². The maximum Gasteiger partial charge on any atom is 0.231 e. The predicted molar refractivity (Wildman–Crippen MR) is 76.6 cm³/mol. The molecule has 0 amide bonds. The van der Waals surface area contributed by atoms with Gasteiger partial charge in [-0.1, -0.05) is 11.2 Å². The van der Waals surface area contributed by atoms with Crippen molar-refractivity contribution < 1.29 is 13.7 Å². The van der Waals surface area contributed by atoms with Crippen LogP contribution in [0.25, 0.3) is 0 Å². The molecule has 1 aromatic carbocycles. The fraction of sp³-hybridized carbons (Fsp3) is 0.500. The smallest absolute Gasteiger partial charge is 0.231 e.